The normalized spacial score (nSPS) is 10.6. The lowest BCUT2D eigenvalue weighted by atomic mass is 10.3. The van der Waals surface area contributed by atoms with Crippen LogP contribution in [-0.4, -0.2) is 21.3 Å². The van der Waals surface area contributed by atoms with Gasteiger partial charge >= 0.3 is 0 Å². The molecule has 0 aliphatic rings. The van der Waals surface area contributed by atoms with Gasteiger partial charge in [0, 0.05) is 19.9 Å². The molecule has 12 heavy (non-hydrogen) atoms. The van der Waals surface area contributed by atoms with Gasteiger partial charge in [-0.25, -0.2) is 4.98 Å². The number of nitrogens with two attached hydrogens (primary N) is 1. The number of hydrogen-bond acceptors (Lipinski definition) is 3. The number of aryl methyl sites for hydroxylation is 2. The topological polar surface area (TPSA) is 56.7 Å². The molecule has 0 spiro atoms. The molecule has 1 aromatic rings. The van der Waals surface area contributed by atoms with Crippen molar-refractivity contribution in [1.82, 2.24) is 14.8 Å². The maximum absolute atomic E-state index is 5.43. The van der Waals surface area contributed by atoms with Crippen molar-refractivity contribution >= 4 is 0 Å². The molecule has 1 aromatic heterocycles. The third-order valence-corrected chi connectivity index (χ3v) is 1.74. The molecule has 0 saturated heterocycles. The van der Waals surface area contributed by atoms with Crippen LogP contribution in [0.3, 0.4) is 0 Å². The third kappa shape index (κ3) is 2.04. The third-order valence-electron chi connectivity index (χ3n) is 1.74. The van der Waals surface area contributed by atoms with Gasteiger partial charge in [0.15, 0.2) is 5.82 Å². The van der Waals surface area contributed by atoms with Gasteiger partial charge in [0.25, 0.3) is 0 Å². The Labute approximate surface area is 72.8 Å². The minimum absolute atomic E-state index is 0.637. The SMILES string of the molecule is CCCc1nc(CCN)n(C)n1. The summed E-state index contributed by atoms with van der Waals surface area (Å²) >= 11 is 0. The van der Waals surface area contributed by atoms with Gasteiger partial charge in [-0.3, -0.25) is 4.68 Å². The zero-order valence-corrected chi connectivity index (χ0v) is 7.75. The smallest absolute Gasteiger partial charge is 0.150 e. The maximum Gasteiger partial charge on any atom is 0.150 e. The lowest BCUT2D eigenvalue weighted by Crippen LogP contribution is -2.08. The highest BCUT2D eigenvalue weighted by Crippen LogP contribution is 1.99. The molecule has 4 nitrogen and oxygen atoms in total. The van der Waals surface area contributed by atoms with Crippen LogP contribution in [0.2, 0.25) is 0 Å². The quantitative estimate of drug-likeness (QED) is 0.702. The van der Waals surface area contributed by atoms with E-state index < -0.39 is 0 Å². The van der Waals surface area contributed by atoms with E-state index in [1.165, 1.54) is 0 Å². The summed E-state index contributed by atoms with van der Waals surface area (Å²) in [7, 11) is 1.91. The minimum atomic E-state index is 0.637. The van der Waals surface area contributed by atoms with E-state index in [1.807, 2.05) is 11.7 Å². The fourth-order valence-corrected chi connectivity index (χ4v) is 1.15. The predicted octanol–water partition coefficient (Wildman–Crippen LogP) is 0.269. The van der Waals surface area contributed by atoms with E-state index in [1.54, 1.807) is 0 Å². The van der Waals surface area contributed by atoms with Crippen LogP contribution in [0.15, 0.2) is 0 Å². The van der Waals surface area contributed by atoms with Gasteiger partial charge in [-0.15, -0.1) is 0 Å². The molecule has 0 saturated carbocycles. The molecule has 2 N–H and O–H groups in total. The summed E-state index contributed by atoms with van der Waals surface area (Å²) in [6.45, 7) is 2.76. The summed E-state index contributed by atoms with van der Waals surface area (Å²) in [4.78, 5) is 4.36. The van der Waals surface area contributed by atoms with Gasteiger partial charge in [-0.1, -0.05) is 6.92 Å². The van der Waals surface area contributed by atoms with Gasteiger partial charge in [0.1, 0.15) is 5.82 Å². The molecule has 0 atom stereocenters. The Hall–Kier alpha value is -0.900. The largest absolute Gasteiger partial charge is 0.330 e. The van der Waals surface area contributed by atoms with E-state index in [-0.39, 0.29) is 0 Å². The molecular formula is C8H16N4. The molecule has 0 amide bonds. The highest BCUT2D eigenvalue weighted by molar-refractivity contribution is 4.93. The van der Waals surface area contributed by atoms with E-state index in [4.69, 9.17) is 5.73 Å². The molecule has 1 heterocycles. The van der Waals surface area contributed by atoms with Crippen LogP contribution >= 0.6 is 0 Å². The summed E-state index contributed by atoms with van der Waals surface area (Å²) < 4.78 is 1.82. The molecule has 0 aliphatic heterocycles. The molecule has 0 fully saturated rings. The van der Waals surface area contributed by atoms with Gasteiger partial charge in [0.05, 0.1) is 0 Å². The summed E-state index contributed by atoms with van der Waals surface area (Å²) in [6, 6.07) is 0. The molecule has 0 aliphatic carbocycles. The summed E-state index contributed by atoms with van der Waals surface area (Å²) in [5.74, 6) is 1.92. The highest BCUT2D eigenvalue weighted by Gasteiger charge is 2.04. The lowest BCUT2D eigenvalue weighted by molar-refractivity contribution is 0.686. The van der Waals surface area contributed by atoms with Crippen LogP contribution in [-0.2, 0) is 19.9 Å². The van der Waals surface area contributed by atoms with Crippen molar-refractivity contribution in [2.24, 2.45) is 12.8 Å². The molecule has 0 aromatic carbocycles. The summed E-state index contributed by atoms with van der Waals surface area (Å²) in [5.41, 5.74) is 5.43. The van der Waals surface area contributed by atoms with Crippen LogP contribution < -0.4 is 5.73 Å². The number of rotatable bonds is 4. The first-order valence-electron chi connectivity index (χ1n) is 4.36. The number of aromatic nitrogens is 3. The Morgan fingerprint density at radius 2 is 2.17 bits per heavy atom. The van der Waals surface area contributed by atoms with Crippen molar-refractivity contribution in [2.45, 2.75) is 26.2 Å². The Morgan fingerprint density at radius 1 is 1.42 bits per heavy atom. The van der Waals surface area contributed by atoms with Crippen molar-refractivity contribution in [3.05, 3.63) is 11.6 Å². The standard InChI is InChI=1S/C8H16N4/c1-3-4-7-10-8(5-6-9)12(2)11-7/h3-6,9H2,1-2H3. The van der Waals surface area contributed by atoms with E-state index in [0.29, 0.717) is 6.54 Å². The summed E-state index contributed by atoms with van der Waals surface area (Å²) in [5, 5.41) is 4.27. The number of nitrogens with zero attached hydrogens (tertiary/aromatic N) is 3. The second-order valence-corrected chi connectivity index (χ2v) is 2.86. The average Bonchev–Trinajstić information content (AvgIpc) is 2.34. The number of hydrogen-bond donors (Lipinski definition) is 1. The van der Waals surface area contributed by atoms with Crippen LogP contribution in [0.25, 0.3) is 0 Å². The first-order valence-corrected chi connectivity index (χ1v) is 4.36. The average molecular weight is 168 g/mol. The zero-order valence-electron chi connectivity index (χ0n) is 7.75. The van der Waals surface area contributed by atoms with E-state index >= 15 is 0 Å². The van der Waals surface area contributed by atoms with Crippen molar-refractivity contribution in [3.63, 3.8) is 0 Å². The Balaban J connectivity index is 2.70. The van der Waals surface area contributed by atoms with Crippen molar-refractivity contribution in [2.75, 3.05) is 6.54 Å². The molecular weight excluding hydrogens is 152 g/mol. The molecule has 0 bridgehead atoms. The van der Waals surface area contributed by atoms with Crippen LogP contribution in [0.5, 0.6) is 0 Å². The first-order chi connectivity index (χ1) is 5.77. The van der Waals surface area contributed by atoms with Gasteiger partial charge < -0.3 is 5.73 Å². The lowest BCUT2D eigenvalue weighted by Gasteiger charge is -1.93. The molecule has 1 rings (SSSR count). The fourth-order valence-electron chi connectivity index (χ4n) is 1.15. The van der Waals surface area contributed by atoms with Crippen LogP contribution in [0.1, 0.15) is 25.0 Å². The van der Waals surface area contributed by atoms with Crippen LogP contribution in [0.4, 0.5) is 0 Å². The first kappa shape index (κ1) is 9.19. The van der Waals surface area contributed by atoms with Crippen molar-refractivity contribution < 1.29 is 0 Å². The second-order valence-electron chi connectivity index (χ2n) is 2.86. The van der Waals surface area contributed by atoms with Crippen molar-refractivity contribution in [3.8, 4) is 0 Å². The molecule has 0 unspecified atom stereocenters. The summed E-state index contributed by atoms with van der Waals surface area (Å²) in [6.07, 6.45) is 2.86. The Kier molecular flexibility index (Phi) is 3.22. The molecule has 0 radical (unpaired) electrons. The fraction of sp³-hybridized carbons (Fsp3) is 0.750. The Morgan fingerprint density at radius 3 is 2.75 bits per heavy atom. The highest BCUT2D eigenvalue weighted by atomic mass is 15.3. The Bertz CT molecular complexity index is 241. The zero-order chi connectivity index (χ0) is 8.97. The molecule has 4 heteroatoms. The van der Waals surface area contributed by atoms with E-state index in [0.717, 1.165) is 30.9 Å². The van der Waals surface area contributed by atoms with Gasteiger partial charge in [-0.05, 0) is 13.0 Å². The minimum Gasteiger partial charge on any atom is -0.330 e. The van der Waals surface area contributed by atoms with Gasteiger partial charge in [0.2, 0.25) is 0 Å². The van der Waals surface area contributed by atoms with Crippen LogP contribution in [0, 0.1) is 0 Å². The van der Waals surface area contributed by atoms with Crippen molar-refractivity contribution in [1.29, 1.82) is 0 Å². The monoisotopic (exact) mass is 168 g/mol. The second kappa shape index (κ2) is 4.21. The van der Waals surface area contributed by atoms with E-state index in [2.05, 4.69) is 17.0 Å². The maximum atomic E-state index is 5.43. The predicted molar refractivity (Wildman–Crippen MR) is 47.8 cm³/mol. The van der Waals surface area contributed by atoms with Gasteiger partial charge in [-0.2, -0.15) is 5.10 Å². The molecule has 68 valence electrons. The van der Waals surface area contributed by atoms with E-state index in [9.17, 15) is 0 Å².